The highest BCUT2D eigenvalue weighted by molar-refractivity contribution is 5.89. The topological polar surface area (TPSA) is 46.5 Å². The molecule has 0 spiro atoms. The molecule has 1 unspecified atom stereocenters. The third kappa shape index (κ3) is 5.82. The van der Waals surface area contributed by atoms with Crippen LogP contribution in [0, 0.1) is 11.8 Å². The Labute approximate surface area is 175 Å². The number of hydrogen-bond acceptors (Lipinski definition) is 3. The fourth-order valence-corrected chi connectivity index (χ4v) is 3.39. The molecule has 0 bridgehead atoms. The van der Waals surface area contributed by atoms with Gasteiger partial charge in [-0.05, 0) is 25.7 Å². The Morgan fingerprint density at radius 1 is 0.758 bits per heavy atom. The highest BCUT2D eigenvalue weighted by Gasteiger charge is 2.74. The Balaban J connectivity index is 3.16. The summed E-state index contributed by atoms with van der Waals surface area (Å²) in [7, 11) is 0. The average molecular weight is 520 g/mol. The van der Waals surface area contributed by atoms with Crippen molar-refractivity contribution in [2.45, 2.75) is 68.0 Å². The highest BCUT2D eigenvalue weighted by Crippen LogP contribution is 2.54. The molecule has 1 aliphatic rings. The summed E-state index contributed by atoms with van der Waals surface area (Å²) >= 11 is 0. The molecule has 1 atom stereocenters. The summed E-state index contributed by atoms with van der Waals surface area (Å²) in [5, 5.41) is 9.29. The van der Waals surface area contributed by atoms with E-state index in [2.05, 4.69) is 11.3 Å². The second-order valence-electron chi connectivity index (χ2n) is 7.29. The van der Waals surface area contributed by atoms with Crippen LogP contribution in [-0.2, 0) is 9.53 Å². The molecule has 3 nitrogen and oxygen atoms in total. The number of hydrogen-bond donors (Lipinski definition) is 1. The van der Waals surface area contributed by atoms with Crippen molar-refractivity contribution in [2.75, 3.05) is 0 Å². The van der Waals surface area contributed by atoms with Crippen LogP contribution in [0.5, 0.6) is 0 Å². The van der Waals surface area contributed by atoms with Gasteiger partial charge in [-0.1, -0.05) is 6.58 Å². The fourth-order valence-electron chi connectivity index (χ4n) is 3.39. The Morgan fingerprint density at radius 3 is 1.42 bits per heavy atom. The lowest BCUT2D eigenvalue weighted by Crippen LogP contribution is -2.62. The molecule has 1 rings (SSSR count). The molecule has 0 aromatic rings. The summed E-state index contributed by atoms with van der Waals surface area (Å²) in [6.07, 6.45) is -34.7. The van der Waals surface area contributed by atoms with Crippen LogP contribution >= 0.6 is 0 Å². The highest BCUT2D eigenvalue weighted by atomic mass is 19.4. The lowest BCUT2D eigenvalue weighted by molar-refractivity contribution is -0.388. The van der Waals surface area contributed by atoms with Crippen molar-refractivity contribution in [3.63, 3.8) is 0 Å². The van der Waals surface area contributed by atoms with E-state index in [1.165, 1.54) is 0 Å². The molecule has 33 heavy (non-hydrogen) atoms. The summed E-state index contributed by atoms with van der Waals surface area (Å²) in [5.74, 6) is -13.5. The number of esters is 1. The standard InChI is InChI=1S/C16H14F14O3/c1-6(13(19,20)21)9(31)33-10(14(22,23)24)11(17,18)7-2-4-8(5-3-7)12(32,15(25,26)27)16(28,29)30/h7-8,10,32H,1-5H2. The number of aliphatic hydroxyl groups is 1. The van der Waals surface area contributed by atoms with E-state index in [1.807, 2.05) is 0 Å². The number of alkyl halides is 14. The zero-order valence-corrected chi connectivity index (χ0v) is 15.8. The van der Waals surface area contributed by atoms with E-state index in [4.69, 9.17) is 0 Å². The second kappa shape index (κ2) is 8.76. The molecule has 1 N–H and O–H groups in total. The van der Waals surface area contributed by atoms with Crippen molar-refractivity contribution in [3.05, 3.63) is 12.2 Å². The van der Waals surface area contributed by atoms with Crippen LogP contribution in [0.25, 0.3) is 0 Å². The fraction of sp³-hybridized carbons (Fsp3) is 0.812. The van der Waals surface area contributed by atoms with Crippen LogP contribution in [0.4, 0.5) is 61.5 Å². The first kappa shape index (κ1) is 29.2. The Morgan fingerprint density at radius 2 is 1.12 bits per heavy atom. The molecule has 0 heterocycles. The first-order valence-corrected chi connectivity index (χ1v) is 8.65. The molecule has 0 radical (unpaired) electrons. The number of rotatable bonds is 5. The van der Waals surface area contributed by atoms with E-state index in [0.29, 0.717) is 0 Å². The van der Waals surface area contributed by atoms with E-state index in [0.717, 1.165) is 0 Å². The minimum absolute atomic E-state index is 1.43. The lowest BCUT2D eigenvalue weighted by Gasteiger charge is -2.43. The normalized spacial score (nSPS) is 22.6. The van der Waals surface area contributed by atoms with Gasteiger partial charge in [0.15, 0.2) is 0 Å². The second-order valence-corrected chi connectivity index (χ2v) is 7.29. The van der Waals surface area contributed by atoms with E-state index < -0.39 is 91.4 Å². The Hall–Kier alpha value is -1.81. The number of carbonyl (C=O) groups excluding carboxylic acids is 1. The van der Waals surface area contributed by atoms with E-state index in [9.17, 15) is 71.4 Å². The van der Waals surface area contributed by atoms with E-state index in [1.54, 1.807) is 0 Å². The molecule has 1 aliphatic carbocycles. The third-order valence-corrected chi connectivity index (χ3v) is 5.19. The van der Waals surface area contributed by atoms with Crippen LogP contribution in [0.2, 0.25) is 0 Å². The summed E-state index contributed by atoms with van der Waals surface area (Å²) in [6.45, 7) is 2.09. The smallest absolute Gasteiger partial charge is 0.431 e. The van der Waals surface area contributed by atoms with Crippen LogP contribution in [0.3, 0.4) is 0 Å². The van der Waals surface area contributed by atoms with Crippen molar-refractivity contribution < 1.29 is 76.1 Å². The van der Waals surface area contributed by atoms with Gasteiger partial charge < -0.3 is 9.84 Å². The maximum absolute atomic E-state index is 14.5. The minimum atomic E-state index is -6.30. The van der Waals surface area contributed by atoms with Crippen LogP contribution in [0.1, 0.15) is 25.7 Å². The molecular formula is C16H14F14O3. The van der Waals surface area contributed by atoms with Crippen molar-refractivity contribution in [3.8, 4) is 0 Å². The maximum Gasteiger partial charge on any atom is 0.431 e. The van der Waals surface area contributed by atoms with Crippen LogP contribution in [0.15, 0.2) is 12.2 Å². The first-order chi connectivity index (χ1) is 14.4. The van der Waals surface area contributed by atoms with Gasteiger partial charge >= 0.3 is 30.7 Å². The molecule has 0 aromatic heterocycles. The molecule has 1 fully saturated rings. The van der Waals surface area contributed by atoms with Gasteiger partial charge in [-0.25, -0.2) is 13.6 Å². The third-order valence-electron chi connectivity index (χ3n) is 5.19. The number of ether oxygens (including phenoxy) is 1. The van der Waals surface area contributed by atoms with Gasteiger partial charge in [0.05, 0.1) is 0 Å². The van der Waals surface area contributed by atoms with Gasteiger partial charge in [-0.15, -0.1) is 0 Å². The molecular weight excluding hydrogens is 506 g/mol. The van der Waals surface area contributed by atoms with E-state index in [-0.39, 0.29) is 0 Å². The quantitative estimate of drug-likeness (QED) is 0.280. The predicted octanol–water partition coefficient (Wildman–Crippen LogP) is 5.88. The molecule has 0 aromatic carbocycles. The van der Waals surface area contributed by atoms with Crippen molar-refractivity contribution in [2.24, 2.45) is 11.8 Å². The SMILES string of the molecule is C=C(C(=O)OC(C(F)(F)F)C(F)(F)C1CCC(C(O)(C(F)(F)F)C(F)(F)F)CC1)C(F)(F)F. The van der Waals surface area contributed by atoms with Crippen molar-refractivity contribution >= 4 is 5.97 Å². The Bertz CT molecular complexity index is 709. The van der Waals surface area contributed by atoms with Gasteiger partial charge in [-0.2, -0.15) is 52.7 Å². The van der Waals surface area contributed by atoms with Crippen LogP contribution < -0.4 is 0 Å². The van der Waals surface area contributed by atoms with Gasteiger partial charge in [0, 0.05) is 11.8 Å². The maximum atomic E-state index is 14.5. The number of halogens is 14. The molecule has 1 saturated carbocycles. The molecule has 194 valence electrons. The summed E-state index contributed by atoms with van der Waals surface area (Å²) in [5.41, 5.74) is -7.89. The van der Waals surface area contributed by atoms with Gasteiger partial charge in [0.25, 0.3) is 17.6 Å². The molecule has 0 saturated heterocycles. The first-order valence-electron chi connectivity index (χ1n) is 8.65. The van der Waals surface area contributed by atoms with Gasteiger partial charge in [-0.3, -0.25) is 0 Å². The summed E-state index contributed by atoms with van der Waals surface area (Å²) in [4.78, 5) is 11.2. The van der Waals surface area contributed by atoms with Gasteiger partial charge in [0.1, 0.15) is 5.57 Å². The molecule has 0 aliphatic heterocycles. The summed E-state index contributed by atoms with van der Waals surface area (Å²) < 4.78 is 186. The zero-order valence-electron chi connectivity index (χ0n) is 15.8. The summed E-state index contributed by atoms with van der Waals surface area (Å²) in [6, 6.07) is 0. The van der Waals surface area contributed by atoms with Crippen molar-refractivity contribution in [1.29, 1.82) is 0 Å². The molecule has 17 heteroatoms. The number of carbonyl (C=O) groups is 1. The predicted molar refractivity (Wildman–Crippen MR) is 78.6 cm³/mol. The zero-order chi connectivity index (χ0) is 26.4. The van der Waals surface area contributed by atoms with Crippen LogP contribution in [-0.4, -0.2) is 53.4 Å². The average Bonchev–Trinajstić information content (AvgIpc) is 2.60. The molecule has 0 amide bonds. The monoisotopic (exact) mass is 520 g/mol. The minimum Gasteiger partial charge on any atom is -0.443 e. The lowest BCUT2D eigenvalue weighted by atomic mass is 9.70. The Kier molecular flexibility index (Phi) is 7.76. The largest absolute Gasteiger partial charge is 0.443 e. The van der Waals surface area contributed by atoms with Gasteiger partial charge in [0.2, 0.25) is 0 Å². The van der Waals surface area contributed by atoms with Crippen molar-refractivity contribution in [1.82, 2.24) is 0 Å². The van der Waals surface area contributed by atoms with E-state index >= 15 is 0 Å².